The molecule has 2 rings (SSSR count). The molecule has 0 aromatic heterocycles. The summed E-state index contributed by atoms with van der Waals surface area (Å²) in [5, 5.41) is 10.3. The van der Waals surface area contributed by atoms with E-state index in [0.717, 1.165) is 19.3 Å². The molecule has 0 spiro atoms. The van der Waals surface area contributed by atoms with Gasteiger partial charge in [0.1, 0.15) is 0 Å². The quantitative estimate of drug-likeness (QED) is 0.454. The highest BCUT2D eigenvalue weighted by Gasteiger charge is 2.53. The van der Waals surface area contributed by atoms with Gasteiger partial charge in [-0.3, -0.25) is 9.59 Å². The second-order valence-electron chi connectivity index (χ2n) is 5.46. The maximum absolute atomic E-state index is 12.1. The van der Waals surface area contributed by atoms with Crippen LogP contribution in [0.3, 0.4) is 0 Å². The van der Waals surface area contributed by atoms with E-state index in [1.54, 1.807) is 24.3 Å². The number of carbonyl (C=O) groups is 2. The van der Waals surface area contributed by atoms with Gasteiger partial charge in [0.2, 0.25) is 11.6 Å². The number of fused-ring (bicyclic) bond motifs is 1. The Hall–Kier alpha value is -1.52. The standard InChI is InChI=1S/C17H22O4/c1-2-3-4-5-6-9-12-21-17(20)15(18)13-10-7-8-11-14(13)16(17)19/h7-8,10-11,20H,2-6,9,12H2,1H3. The Morgan fingerprint density at radius 2 is 1.48 bits per heavy atom. The van der Waals surface area contributed by atoms with Gasteiger partial charge in [-0.1, -0.05) is 63.3 Å². The average molecular weight is 290 g/mol. The summed E-state index contributed by atoms with van der Waals surface area (Å²) in [7, 11) is 0. The van der Waals surface area contributed by atoms with Crippen LogP contribution < -0.4 is 0 Å². The molecule has 0 fully saturated rings. The van der Waals surface area contributed by atoms with Crippen molar-refractivity contribution in [1.82, 2.24) is 0 Å². The maximum Gasteiger partial charge on any atom is 0.297 e. The van der Waals surface area contributed by atoms with Crippen LogP contribution in [-0.4, -0.2) is 29.1 Å². The predicted molar refractivity (Wildman–Crippen MR) is 79.4 cm³/mol. The highest BCUT2D eigenvalue weighted by Crippen LogP contribution is 2.31. The van der Waals surface area contributed by atoms with Crippen LogP contribution in [0, 0.1) is 0 Å². The third kappa shape index (κ3) is 3.22. The van der Waals surface area contributed by atoms with Gasteiger partial charge in [-0.15, -0.1) is 0 Å². The van der Waals surface area contributed by atoms with Gasteiger partial charge in [0, 0.05) is 11.1 Å². The molecule has 0 saturated heterocycles. The Bertz CT molecular complexity index is 486. The SMILES string of the molecule is CCCCCCCCOC1(O)C(=O)c2ccccc2C1=O. The van der Waals surface area contributed by atoms with E-state index in [2.05, 4.69) is 6.92 Å². The maximum atomic E-state index is 12.1. The van der Waals surface area contributed by atoms with Crippen molar-refractivity contribution in [3.63, 3.8) is 0 Å². The molecule has 0 bridgehead atoms. The number of rotatable bonds is 8. The van der Waals surface area contributed by atoms with Gasteiger partial charge in [0.15, 0.2) is 0 Å². The molecule has 0 aliphatic heterocycles. The average Bonchev–Trinajstić information content (AvgIpc) is 2.69. The molecule has 0 heterocycles. The molecular weight excluding hydrogens is 268 g/mol. The Morgan fingerprint density at radius 1 is 0.952 bits per heavy atom. The summed E-state index contributed by atoms with van der Waals surface area (Å²) in [4.78, 5) is 24.3. The van der Waals surface area contributed by atoms with Crippen molar-refractivity contribution in [2.45, 2.75) is 51.2 Å². The first kappa shape index (κ1) is 15.9. The fourth-order valence-corrected chi connectivity index (χ4v) is 2.58. The Kier molecular flexibility index (Phi) is 5.26. The van der Waals surface area contributed by atoms with E-state index in [1.807, 2.05) is 0 Å². The second-order valence-corrected chi connectivity index (χ2v) is 5.46. The van der Waals surface area contributed by atoms with Crippen LogP contribution in [0.4, 0.5) is 0 Å². The number of unbranched alkanes of at least 4 members (excludes halogenated alkanes) is 5. The summed E-state index contributed by atoms with van der Waals surface area (Å²) in [5.74, 6) is -3.60. The molecular formula is C17H22O4. The highest BCUT2D eigenvalue weighted by molar-refractivity contribution is 6.30. The Balaban J connectivity index is 1.86. The fraction of sp³-hybridized carbons (Fsp3) is 0.529. The van der Waals surface area contributed by atoms with Crippen LogP contribution in [0.25, 0.3) is 0 Å². The van der Waals surface area contributed by atoms with E-state index < -0.39 is 17.4 Å². The molecule has 0 saturated carbocycles. The summed E-state index contributed by atoms with van der Waals surface area (Å²) in [6.45, 7) is 2.38. The first-order valence-corrected chi connectivity index (χ1v) is 7.66. The molecule has 21 heavy (non-hydrogen) atoms. The first-order valence-electron chi connectivity index (χ1n) is 7.66. The van der Waals surface area contributed by atoms with E-state index in [4.69, 9.17) is 4.74 Å². The van der Waals surface area contributed by atoms with E-state index in [9.17, 15) is 14.7 Å². The Morgan fingerprint density at radius 3 is 2.05 bits per heavy atom. The van der Waals surface area contributed by atoms with Gasteiger partial charge in [-0.05, 0) is 6.42 Å². The number of benzene rings is 1. The monoisotopic (exact) mass is 290 g/mol. The molecule has 0 atom stereocenters. The number of Topliss-reactive ketones (excluding diaryl/α,β-unsaturated/α-hetero) is 2. The van der Waals surface area contributed by atoms with Crippen LogP contribution in [0.15, 0.2) is 24.3 Å². The third-order valence-corrected chi connectivity index (χ3v) is 3.84. The van der Waals surface area contributed by atoms with Crippen molar-refractivity contribution in [3.8, 4) is 0 Å². The van der Waals surface area contributed by atoms with Crippen molar-refractivity contribution in [2.75, 3.05) is 6.61 Å². The summed E-state index contributed by atoms with van der Waals surface area (Å²) in [6.07, 6.45) is 6.42. The number of ketones is 2. The highest BCUT2D eigenvalue weighted by atomic mass is 16.6. The molecule has 1 aromatic rings. The van der Waals surface area contributed by atoms with Crippen LogP contribution in [0.5, 0.6) is 0 Å². The molecule has 0 amide bonds. The number of hydrogen-bond acceptors (Lipinski definition) is 4. The minimum Gasteiger partial charge on any atom is -0.353 e. The third-order valence-electron chi connectivity index (χ3n) is 3.84. The van der Waals surface area contributed by atoms with Gasteiger partial charge in [-0.2, -0.15) is 0 Å². The van der Waals surface area contributed by atoms with E-state index >= 15 is 0 Å². The molecule has 4 heteroatoms. The molecule has 0 unspecified atom stereocenters. The summed E-state index contributed by atoms with van der Waals surface area (Å²) in [6, 6.07) is 6.43. The van der Waals surface area contributed by atoms with Crippen molar-refractivity contribution in [3.05, 3.63) is 35.4 Å². The van der Waals surface area contributed by atoms with Crippen molar-refractivity contribution in [2.24, 2.45) is 0 Å². The first-order chi connectivity index (χ1) is 10.1. The normalized spacial score (nSPS) is 16.3. The van der Waals surface area contributed by atoms with Gasteiger partial charge in [0.25, 0.3) is 5.79 Å². The number of carbonyl (C=O) groups excluding carboxylic acids is 2. The van der Waals surface area contributed by atoms with Crippen molar-refractivity contribution in [1.29, 1.82) is 0 Å². The number of aliphatic hydroxyl groups is 1. The smallest absolute Gasteiger partial charge is 0.297 e. The number of hydrogen-bond donors (Lipinski definition) is 1. The zero-order valence-electron chi connectivity index (χ0n) is 12.4. The topological polar surface area (TPSA) is 63.6 Å². The van der Waals surface area contributed by atoms with E-state index in [1.165, 1.54) is 19.3 Å². The van der Waals surface area contributed by atoms with Gasteiger partial charge < -0.3 is 9.84 Å². The van der Waals surface area contributed by atoms with Crippen LogP contribution >= 0.6 is 0 Å². The number of ether oxygens (including phenoxy) is 1. The lowest BCUT2D eigenvalue weighted by molar-refractivity contribution is -0.131. The van der Waals surface area contributed by atoms with E-state index in [-0.39, 0.29) is 17.7 Å². The summed E-state index contributed by atoms with van der Waals surface area (Å²) < 4.78 is 5.26. The molecule has 0 radical (unpaired) electrons. The molecule has 1 aliphatic rings. The molecule has 4 nitrogen and oxygen atoms in total. The Labute approximate surface area is 125 Å². The van der Waals surface area contributed by atoms with Gasteiger partial charge in [-0.25, -0.2) is 0 Å². The predicted octanol–water partition coefficient (Wildman–Crippen LogP) is 3.13. The minimum atomic E-state index is -2.31. The summed E-state index contributed by atoms with van der Waals surface area (Å²) in [5.41, 5.74) is 0.487. The van der Waals surface area contributed by atoms with Crippen molar-refractivity contribution >= 4 is 11.6 Å². The minimum absolute atomic E-state index is 0.216. The molecule has 1 aliphatic carbocycles. The van der Waals surface area contributed by atoms with Gasteiger partial charge >= 0.3 is 0 Å². The van der Waals surface area contributed by atoms with Crippen LogP contribution in [0.2, 0.25) is 0 Å². The second kappa shape index (κ2) is 6.96. The zero-order valence-corrected chi connectivity index (χ0v) is 12.4. The van der Waals surface area contributed by atoms with Crippen molar-refractivity contribution < 1.29 is 19.4 Å². The molecule has 1 N–H and O–H groups in total. The van der Waals surface area contributed by atoms with E-state index in [0.29, 0.717) is 0 Å². The lowest BCUT2D eigenvalue weighted by Crippen LogP contribution is -2.44. The lowest BCUT2D eigenvalue weighted by atomic mass is 10.1. The lowest BCUT2D eigenvalue weighted by Gasteiger charge is -2.19. The molecule has 114 valence electrons. The largest absolute Gasteiger partial charge is 0.353 e. The fourth-order valence-electron chi connectivity index (χ4n) is 2.58. The summed E-state index contributed by atoms with van der Waals surface area (Å²) >= 11 is 0. The zero-order chi connectivity index (χ0) is 15.3. The van der Waals surface area contributed by atoms with Gasteiger partial charge in [0.05, 0.1) is 6.61 Å². The molecule has 1 aromatic carbocycles. The van der Waals surface area contributed by atoms with Crippen LogP contribution in [0.1, 0.15) is 66.2 Å². The van der Waals surface area contributed by atoms with Crippen LogP contribution in [-0.2, 0) is 4.74 Å².